The standard InChI is InChI=1S/C26H53O9P/c1-3-5-7-9-11-13-15-17-19-33-36(32,34-20-18-16-14-12-10-8-6-4-2)35-26-24(30)22(28)21(27)23(29)25(26)31/h21-31H,3-20H2,1-2H3/t21?,22-,23+,24+,25-,26?. The van der Waals surface area contributed by atoms with Gasteiger partial charge in [-0.05, 0) is 12.8 Å². The third kappa shape index (κ3) is 13.1. The van der Waals surface area contributed by atoms with Gasteiger partial charge in [0.15, 0.2) is 0 Å². The fourth-order valence-corrected chi connectivity index (χ4v) is 5.84. The number of rotatable bonds is 22. The van der Waals surface area contributed by atoms with Gasteiger partial charge in [0.2, 0.25) is 0 Å². The van der Waals surface area contributed by atoms with E-state index in [1.54, 1.807) is 0 Å². The third-order valence-electron chi connectivity index (χ3n) is 6.82. The topological polar surface area (TPSA) is 146 Å². The van der Waals surface area contributed by atoms with E-state index in [1.807, 2.05) is 0 Å². The van der Waals surface area contributed by atoms with E-state index < -0.39 is 44.4 Å². The summed E-state index contributed by atoms with van der Waals surface area (Å²) >= 11 is 0. The highest BCUT2D eigenvalue weighted by Crippen LogP contribution is 2.52. The molecular formula is C26H53O9P. The number of phosphoric acid groups is 1. The molecule has 1 saturated carbocycles. The van der Waals surface area contributed by atoms with Crippen LogP contribution in [0.1, 0.15) is 117 Å². The Hall–Kier alpha value is -0.0900. The van der Waals surface area contributed by atoms with Crippen LogP contribution in [0.15, 0.2) is 0 Å². The normalized spacial score (nSPS) is 27.0. The summed E-state index contributed by atoms with van der Waals surface area (Å²) in [6.45, 7) is 4.61. The first-order valence-electron chi connectivity index (χ1n) is 14.2. The fourth-order valence-electron chi connectivity index (χ4n) is 4.39. The molecule has 1 aliphatic carbocycles. The van der Waals surface area contributed by atoms with Crippen molar-refractivity contribution in [3.8, 4) is 0 Å². The highest BCUT2D eigenvalue weighted by molar-refractivity contribution is 7.48. The zero-order valence-corrected chi connectivity index (χ0v) is 23.4. The van der Waals surface area contributed by atoms with E-state index in [1.165, 1.54) is 51.4 Å². The van der Waals surface area contributed by atoms with E-state index in [2.05, 4.69) is 13.8 Å². The molecule has 1 aliphatic rings. The smallest absolute Gasteiger partial charge is 0.387 e. The number of aliphatic hydroxyl groups excluding tert-OH is 5. The van der Waals surface area contributed by atoms with Gasteiger partial charge < -0.3 is 25.5 Å². The van der Waals surface area contributed by atoms with Gasteiger partial charge in [0.1, 0.15) is 36.6 Å². The van der Waals surface area contributed by atoms with Crippen LogP contribution in [0.3, 0.4) is 0 Å². The van der Waals surface area contributed by atoms with E-state index in [4.69, 9.17) is 13.6 Å². The molecule has 2 unspecified atom stereocenters. The Morgan fingerprint density at radius 2 is 0.806 bits per heavy atom. The molecule has 216 valence electrons. The number of unbranched alkanes of at least 4 members (excludes halogenated alkanes) is 14. The van der Waals surface area contributed by atoms with Crippen LogP contribution in [-0.2, 0) is 18.1 Å². The molecule has 0 aromatic heterocycles. The molecule has 5 N–H and O–H groups in total. The largest absolute Gasteiger partial charge is 0.475 e. The quantitative estimate of drug-likeness (QED) is 0.0981. The summed E-state index contributed by atoms with van der Waals surface area (Å²) in [5.41, 5.74) is 0. The molecule has 0 heterocycles. The van der Waals surface area contributed by atoms with Crippen LogP contribution in [0.25, 0.3) is 0 Å². The van der Waals surface area contributed by atoms with Crippen LogP contribution in [-0.4, -0.2) is 75.4 Å². The predicted octanol–water partition coefficient (Wildman–Crippen LogP) is 4.61. The average Bonchev–Trinajstić information content (AvgIpc) is 2.87. The minimum atomic E-state index is -4.20. The van der Waals surface area contributed by atoms with Crippen molar-refractivity contribution in [1.82, 2.24) is 0 Å². The maximum absolute atomic E-state index is 13.4. The number of aliphatic hydroxyl groups is 5. The Morgan fingerprint density at radius 3 is 1.17 bits per heavy atom. The van der Waals surface area contributed by atoms with Gasteiger partial charge in [0, 0.05) is 0 Å². The maximum Gasteiger partial charge on any atom is 0.475 e. The minimum Gasteiger partial charge on any atom is -0.387 e. The van der Waals surface area contributed by atoms with Gasteiger partial charge in [-0.2, -0.15) is 0 Å². The summed E-state index contributed by atoms with van der Waals surface area (Å²) < 4.78 is 29.8. The average molecular weight is 541 g/mol. The van der Waals surface area contributed by atoms with Crippen LogP contribution in [0.5, 0.6) is 0 Å². The fraction of sp³-hybridized carbons (Fsp3) is 1.00. The second-order valence-electron chi connectivity index (χ2n) is 10.1. The summed E-state index contributed by atoms with van der Waals surface area (Å²) in [5.74, 6) is 0. The molecular weight excluding hydrogens is 487 g/mol. The number of hydrogen-bond donors (Lipinski definition) is 5. The van der Waals surface area contributed by atoms with E-state index >= 15 is 0 Å². The molecule has 9 nitrogen and oxygen atoms in total. The van der Waals surface area contributed by atoms with Gasteiger partial charge in [-0.3, -0.25) is 13.6 Å². The SMILES string of the molecule is CCCCCCCCCCOP(=O)(OCCCCCCCCCC)OC1[C@@H](O)[C@H](O)C(O)[C@H](O)[C@H]1O. The lowest BCUT2D eigenvalue weighted by molar-refractivity contribution is -0.220. The molecule has 1 rings (SSSR count). The highest BCUT2D eigenvalue weighted by Gasteiger charge is 2.51. The number of hydrogen-bond acceptors (Lipinski definition) is 9. The molecule has 0 radical (unpaired) electrons. The van der Waals surface area contributed by atoms with E-state index in [0.29, 0.717) is 12.8 Å². The van der Waals surface area contributed by atoms with Crippen LogP contribution in [0.2, 0.25) is 0 Å². The van der Waals surface area contributed by atoms with Crippen molar-refractivity contribution >= 4 is 7.82 Å². The first-order valence-corrected chi connectivity index (χ1v) is 15.7. The Kier molecular flexibility index (Phi) is 18.8. The number of phosphoric ester groups is 1. The van der Waals surface area contributed by atoms with Crippen LogP contribution < -0.4 is 0 Å². The first-order chi connectivity index (χ1) is 17.3. The molecule has 10 heteroatoms. The Labute approximate surface area is 218 Å². The summed E-state index contributed by atoms with van der Waals surface area (Å²) in [5, 5.41) is 50.3. The molecule has 0 aromatic rings. The van der Waals surface area contributed by atoms with Gasteiger partial charge in [0.25, 0.3) is 0 Å². The van der Waals surface area contributed by atoms with Crippen molar-refractivity contribution in [3.63, 3.8) is 0 Å². The summed E-state index contributed by atoms with van der Waals surface area (Å²) in [6.07, 6.45) is 6.79. The van der Waals surface area contributed by atoms with Crippen molar-refractivity contribution in [2.45, 2.75) is 153 Å². The lowest BCUT2D eigenvalue weighted by Crippen LogP contribution is -2.64. The van der Waals surface area contributed by atoms with Gasteiger partial charge in [-0.1, -0.05) is 104 Å². The van der Waals surface area contributed by atoms with Crippen molar-refractivity contribution < 1.29 is 43.7 Å². The van der Waals surface area contributed by atoms with E-state index in [0.717, 1.165) is 38.5 Å². The second kappa shape index (κ2) is 19.9. The lowest BCUT2D eigenvalue weighted by Gasteiger charge is -2.41. The lowest BCUT2D eigenvalue weighted by atomic mass is 9.85. The predicted molar refractivity (Wildman–Crippen MR) is 140 cm³/mol. The Bertz CT molecular complexity index is 538. The monoisotopic (exact) mass is 540 g/mol. The van der Waals surface area contributed by atoms with E-state index in [9.17, 15) is 30.1 Å². The second-order valence-corrected chi connectivity index (χ2v) is 11.7. The maximum atomic E-state index is 13.4. The molecule has 0 spiro atoms. The van der Waals surface area contributed by atoms with Crippen LogP contribution in [0, 0.1) is 0 Å². The van der Waals surface area contributed by atoms with Gasteiger partial charge >= 0.3 is 7.82 Å². The molecule has 0 aromatic carbocycles. The molecule has 6 atom stereocenters. The Morgan fingerprint density at radius 1 is 0.500 bits per heavy atom. The molecule has 0 saturated heterocycles. The third-order valence-corrected chi connectivity index (χ3v) is 8.32. The molecule has 0 aliphatic heterocycles. The molecule has 0 bridgehead atoms. The molecule has 0 amide bonds. The summed E-state index contributed by atoms with van der Waals surface area (Å²) in [4.78, 5) is 0. The van der Waals surface area contributed by atoms with Gasteiger partial charge in [0.05, 0.1) is 13.2 Å². The zero-order chi connectivity index (χ0) is 26.8. The highest BCUT2D eigenvalue weighted by atomic mass is 31.2. The minimum absolute atomic E-state index is 0.121. The Balaban J connectivity index is 2.54. The van der Waals surface area contributed by atoms with Crippen molar-refractivity contribution in [1.29, 1.82) is 0 Å². The molecule has 1 fully saturated rings. The first kappa shape index (κ1) is 33.9. The van der Waals surface area contributed by atoms with Crippen LogP contribution >= 0.6 is 7.82 Å². The summed E-state index contributed by atoms with van der Waals surface area (Å²) in [6, 6.07) is 0. The van der Waals surface area contributed by atoms with Crippen molar-refractivity contribution in [2.75, 3.05) is 13.2 Å². The van der Waals surface area contributed by atoms with Crippen molar-refractivity contribution in [3.05, 3.63) is 0 Å². The van der Waals surface area contributed by atoms with Crippen LogP contribution in [0.4, 0.5) is 0 Å². The summed E-state index contributed by atoms with van der Waals surface area (Å²) in [7, 11) is -4.20. The van der Waals surface area contributed by atoms with Gasteiger partial charge in [-0.25, -0.2) is 4.57 Å². The van der Waals surface area contributed by atoms with Crippen molar-refractivity contribution in [2.24, 2.45) is 0 Å². The zero-order valence-electron chi connectivity index (χ0n) is 22.5. The molecule has 36 heavy (non-hydrogen) atoms. The van der Waals surface area contributed by atoms with Gasteiger partial charge in [-0.15, -0.1) is 0 Å². The van der Waals surface area contributed by atoms with E-state index in [-0.39, 0.29) is 13.2 Å².